The van der Waals surface area contributed by atoms with E-state index in [4.69, 9.17) is 9.84 Å². The average Bonchev–Trinajstić information content (AvgIpc) is 3.37. The molecule has 188 valence electrons. The Morgan fingerprint density at radius 2 is 1.43 bits per heavy atom. The molecule has 1 aliphatic heterocycles. The van der Waals surface area contributed by atoms with E-state index in [1.807, 2.05) is 106 Å². The van der Waals surface area contributed by atoms with Crippen LogP contribution in [-0.2, 0) is 6.54 Å². The number of benzene rings is 3. The molecular weight excluding hydrogens is 464 g/mol. The second-order valence-electron chi connectivity index (χ2n) is 9.25. The van der Waals surface area contributed by atoms with Crippen molar-refractivity contribution in [3.63, 3.8) is 0 Å². The predicted octanol–water partition coefficient (Wildman–Crippen LogP) is 4.51. The fourth-order valence-electron chi connectivity index (χ4n) is 4.55. The molecule has 0 N–H and O–H groups in total. The van der Waals surface area contributed by atoms with E-state index in [1.54, 1.807) is 7.11 Å². The molecule has 0 spiro atoms. The van der Waals surface area contributed by atoms with Gasteiger partial charge < -0.3 is 14.5 Å². The van der Waals surface area contributed by atoms with Crippen LogP contribution in [0.3, 0.4) is 0 Å². The SMILES string of the molecule is COc1ccc(-c2nn(Cc3ccccc3)cc2C(=O)N2CCN(C(=O)c3ccc(C)cc3)CC2)cc1. The van der Waals surface area contributed by atoms with Crippen LogP contribution in [0.15, 0.2) is 85.1 Å². The summed E-state index contributed by atoms with van der Waals surface area (Å²) in [6.45, 7) is 4.50. The number of hydrogen-bond donors (Lipinski definition) is 0. The number of rotatable bonds is 6. The quantitative estimate of drug-likeness (QED) is 0.396. The van der Waals surface area contributed by atoms with Gasteiger partial charge in [0, 0.05) is 43.5 Å². The third-order valence-corrected chi connectivity index (χ3v) is 6.70. The zero-order valence-electron chi connectivity index (χ0n) is 21.1. The second-order valence-corrected chi connectivity index (χ2v) is 9.25. The summed E-state index contributed by atoms with van der Waals surface area (Å²) in [5.74, 6) is 0.670. The lowest BCUT2D eigenvalue weighted by atomic mass is 10.1. The molecular formula is C30H30N4O3. The van der Waals surface area contributed by atoms with Gasteiger partial charge in [-0.05, 0) is 48.9 Å². The van der Waals surface area contributed by atoms with Crippen molar-refractivity contribution < 1.29 is 14.3 Å². The van der Waals surface area contributed by atoms with Crippen molar-refractivity contribution in [1.82, 2.24) is 19.6 Å². The average molecular weight is 495 g/mol. The monoisotopic (exact) mass is 494 g/mol. The lowest BCUT2D eigenvalue weighted by Crippen LogP contribution is -2.50. The molecule has 2 heterocycles. The molecule has 1 saturated heterocycles. The Bertz CT molecular complexity index is 1370. The molecule has 2 amide bonds. The molecule has 0 bridgehead atoms. The number of methoxy groups -OCH3 is 1. The predicted molar refractivity (Wildman–Crippen MR) is 143 cm³/mol. The molecule has 4 aromatic rings. The van der Waals surface area contributed by atoms with E-state index in [0.717, 1.165) is 22.4 Å². The van der Waals surface area contributed by atoms with E-state index in [9.17, 15) is 9.59 Å². The highest BCUT2D eigenvalue weighted by atomic mass is 16.5. The maximum atomic E-state index is 13.7. The van der Waals surface area contributed by atoms with Gasteiger partial charge in [0.05, 0.1) is 19.2 Å². The molecule has 0 unspecified atom stereocenters. The Morgan fingerprint density at radius 3 is 2.05 bits per heavy atom. The summed E-state index contributed by atoms with van der Waals surface area (Å²) in [5.41, 5.74) is 4.95. The maximum Gasteiger partial charge on any atom is 0.257 e. The van der Waals surface area contributed by atoms with Gasteiger partial charge in [-0.2, -0.15) is 5.10 Å². The van der Waals surface area contributed by atoms with Crippen LogP contribution in [0, 0.1) is 6.92 Å². The van der Waals surface area contributed by atoms with Gasteiger partial charge in [-0.15, -0.1) is 0 Å². The van der Waals surface area contributed by atoms with E-state index in [2.05, 4.69) is 0 Å². The molecule has 0 saturated carbocycles. The second kappa shape index (κ2) is 10.7. The van der Waals surface area contributed by atoms with E-state index in [0.29, 0.717) is 49.5 Å². The van der Waals surface area contributed by atoms with E-state index in [-0.39, 0.29) is 11.8 Å². The van der Waals surface area contributed by atoms with Gasteiger partial charge in [-0.25, -0.2) is 0 Å². The van der Waals surface area contributed by atoms with Crippen molar-refractivity contribution >= 4 is 11.8 Å². The Balaban J connectivity index is 1.35. The fraction of sp³-hybridized carbons (Fsp3) is 0.233. The van der Waals surface area contributed by atoms with Gasteiger partial charge in [0.2, 0.25) is 0 Å². The molecule has 1 aromatic heterocycles. The first-order chi connectivity index (χ1) is 18.0. The number of aryl methyl sites for hydroxylation is 1. The smallest absolute Gasteiger partial charge is 0.257 e. The summed E-state index contributed by atoms with van der Waals surface area (Å²) in [5, 5.41) is 4.80. The first-order valence-corrected chi connectivity index (χ1v) is 12.4. The number of carbonyl (C=O) groups excluding carboxylic acids is 2. The topological polar surface area (TPSA) is 67.7 Å². The summed E-state index contributed by atoms with van der Waals surface area (Å²) in [7, 11) is 1.63. The van der Waals surface area contributed by atoms with Crippen LogP contribution in [0.1, 0.15) is 31.8 Å². The van der Waals surface area contributed by atoms with E-state index in [1.165, 1.54) is 0 Å². The molecule has 1 fully saturated rings. The third-order valence-electron chi connectivity index (χ3n) is 6.70. The van der Waals surface area contributed by atoms with Gasteiger partial charge in [0.25, 0.3) is 11.8 Å². The number of nitrogens with zero attached hydrogens (tertiary/aromatic N) is 4. The minimum Gasteiger partial charge on any atom is -0.497 e. The molecule has 1 aliphatic rings. The minimum absolute atomic E-state index is 0.00158. The van der Waals surface area contributed by atoms with Crippen LogP contribution in [0.2, 0.25) is 0 Å². The Hall–Kier alpha value is -4.39. The van der Waals surface area contributed by atoms with Crippen LogP contribution in [0.4, 0.5) is 0 Å². The Morgan fingerprint density at radius 1 is 0.811 bits per heavy atom. The zero-order valence-corrected chi connectivity index (χ0v) is 21.1. The highest BCUT2D eigenvalue weighted by molar-refractivity contribution is 6.00. The van der Waals surface area contributed by atoms with Gasteiger partial charge in [-0.1, -0.05) is 48.0 Å². The summed E-state index contributed by atoms with van der Waals surface area (Å²) >= 11 is 0. The summed E-state index contributed by atoms with van der Waals surface area (Å²) < 4.78 is 7.11. The van der Waals surface area contributed by atoms with Gasteiger partial charge in [-0.3, -0.25) is 14.3 Å². The minimum atomic E-state index is -0.0763. The van der Waals surface area contributed by atoms with Crippen LogP contribution >= 0.6 is 0 Å². The van der Waals surface area contributed by atoms with Crippen LogP contribution in [0.25, 0.3) is 11.3 Å². The molecule has 0 aliphatic carbocycles. The van der Waals surface area contributed by atoms with E-state index >= 15 is 0 Å². The van der Waals surface area contributed by atoms with E-state index < -0.39 is 0 Å². The fourth-order valence-corrected chi connectivity index (χ4v) is 4.55. The number of amides is 2. The lowest BCUT2D eigenvalue weighted by molar-refractivity contribution is 0.0536. The Kier molecular flexibility index (Phi) is 7.03. The molecule has 3 aromatic carbocycles. The molecule has 0 atom stereocenters. The molecule has 37 heavy (non-hydrogen) atoms. The lowest BCUT2D eigenvalue weighted by Gasteiger charge is -2.34. The summed E-state index contributed by atoms with van der Waals surface area (Å²) in [6, 6.07) is 25.2. The van der Waals surface area contributed by atoms with Crippen molar-refractivity contribution in [1.29, 1.82) is 0 Å². The number of ether oxygens (including phenoxy) is 1. The van der Waals surface area contributed by atoms with Crippen LogP contribution in [-0.4, -0.2) is 64.7 Å². The van der Waals surface area contributed by atoms with Crippen molar-refractivity contribution in [2.75, 3.05) is 33.3 Å². The third kappa shape index (κ3) is 5.40. The molecule has 5 rings (SSSR count). The normalized spacial score (nSPS) is 13.5. The van der Waals surface area contributed by atoms with Crippen molar-refractivity contribution in [3.8, 4) is 17.0 Å². The van der Waals surface area contributed by atoms with Gasteiger partial charge >= 0.3 is 0 Å². The van der Waals surface area contributed by atoms with Crippen molar-refractivity contribution in [3.05, 3.63) is 107 Å². The zero-order chi connectivity index (χ0) is 25.8. The first kappa shape index (κ1) is 24.3. The van der Waals surface area contributed by atoms with Crippen LogP contribution < -0.4 is 4.74 Å². The number of hydrogen-bond acceptors (Lipinski definition) is 4. The van der Waals surface area contributed by atoms with Crippen molar-refractivity contribution in [2.24, 2.45) is 0 Å². The van der Waals surface area contributed by atoms with Crippen LogP contribution in [0.5, 0.6) is 5.75 Å². The standard InChI is InChI=1S/C30H30N4O3/c1-22-8-10-25(11-9-22)29(35)32-16-18-33(19-17-32)30(36)27-21-34(20-23-6-4-3-5-7-23)31-28(27)24-12-14-26(37-2)15-13-24/h3-15,21H,16-20H2,1-2H3. The summed E-state index contributed by atoms with van der Waals surface area (Å²) in [4.78, 5) is 30.3. The van der Waals surface area contributed by atoms with Gasteiger partial charge in [0.1, 0.15) is 11.4 Å². The highest BCUT2D eigenvalue weighted by Crippen LogP contribution is 2.26. The number of carbonyl (C=O) groups is 2. The largest absolute Gasteiger partial charge is 0.497 e. The molecule has 0 radical (unpaired) electrons. The summed E-state index contributed by atoms with van der Waals surface area (Å²) in [6.07, 6.45) is 1.83. The number of piperazine rings is 1. The number of aromatic nitrogens is 2. The Labute approximate surface area is 216 Å². The maximum absolute atomic E-state index is 13.7. The van der Waals surface area contributed by atoms with Crippen molar-refractivity contribution in [2.45, 2.75) is 13.5 Å². The first-order valence-electron chi connectivity index (χ1n) is 12.4. The highest BCUT2D eigenvalue weighted by Gasteiger charge is 2.28. The van der Waals surface area contributed by atoms with Gasteiger partial charge in [0.15, 0.2) is 0 Å². The molecule has 7 nitrogen and oxygen atoms in total. The molecule has 7 heteroatoms.